The van der Waals surface area contributed by atoms with Crippen LogP contribution in [0.3, 0.4) is 0 Å². The van der Waals surface area contributed by atoms with E-state index in [-0.39, 0.29) is 11.2 Å². The van der Waals surface area contributed by atoms with Crippen LogP contribution < -0.4 is 5.73 Å². The topological polar surface area (TPSA) is 43.1 Å². The molecule has 68 valence electrons. The molecule has 0 unspecified atom stereocenters. The molecule has 0 heterocycles. The van der Waals surface area contributed by atoms with Crippen molar-refractivity contribution >= 4 is 29.0 Å². The number of alkyl halides is 2. The molecular weight excluding hydrogens is 197 g/mol. The number of hydrogen-bond acceptors (Lipinski definition) is 2. The average molecular weight is 208 g/mol. The molecule has 0 amide bonds. The minimum Gasteiger partial charge on any atom is -0.330 e. The van der Waals surface area contributed by atoms with Crippen molar-refractivity contribution in [2.75, 3.05) is 6.54 Å². The number of halogens is 2. The van der Waals surface area contributed by atoms with Gasteiger partial charge in [-0.15, -0.1) is 0 Å². The molecule has 2 aliphatic carbocycles. The van der Waals surface area contributed by atoms with E-state index in [0.29, 0.717) is 18.9 Å². The Hall–Kier alpha value is 0.210. The van der Waals surface area contributed by atoms with E-state index in [1.165, 1.54) is 0 Å². The minimum atomic E-state index is -1.10. The third-order valence-electron chi connectivity index (χ3n) is 3.21. The Morgan fingerprint density at radius 1 is 1.50 bits per heavy atom. The summed E-state index contributed by atoms with van der Waals surface area (Å²) in [6, 6.07) is 0. The first-order valence-electron chi connectivity index (χ1n) is 4.13. The number of carbonyl (C=O) groups excluding carboxylic acids is 1. The van der Waals surface area contributed by atoms with Crippen molar-refractivity contribution in [3.8, 4) is 0 Å². The van der Waals surface area contributed by atoms with Gasteiger partial charge in [-0.05, 0) is 25.3 Å². The summed E-state index contributed by atoms with van der Waals surface area (Å²) in [7, 11) is 0. The summed E-state index contributed by atoms with van der Waals surface area (Å²) in [6.07, 6.45) is 2.39. The van der Waals surface area contributed by atoms with Gasteiger partial charge in [0.25, 0.3) is 0 Å². The highest BCUT2D eigenvalue weighted by Gasteiger charge is 2.68. The van der Waals surface area contributed by atoms with E-state index in [4.69, 9.17) is 28.9 Å². The highest BCUT2D eigenvalue weighted by Crippen LogP contribution is 2.66. The van der Waals surface area contributed by atoms with E-state index in [1.807, 2.05) is 0 Å². The zero-order valence-corrected chi connectivity index (χ0v) is 8.16. The van der Waals surface area contributed by atoms with Gasteiger partial charge in [0.2, 0.25) is 0 Å². The van der Waals surface area contributed by atoms with Crippen LogP contribution in [0.1, 0.15) is 19.3 Å². The van der Waals surface area contributed by atoms with Crippen LogP contribution >= 0.6 is 23.2 Å². The van der Waals surface area contributed by atoms with Crippen molar-refractivity contribution in [2.24, 2.45) is 17.1 Å². The maximum atomic E-state index is 11.1. The Balaban J connectivity index is 2.05. The van der Waals surface area contributed by atoms with E-state index in [2.05, 4.69) is 0 Å². The highest BCUT2D eigenvalue weighted by molar-refractivity contribution is 6.61. The summed E-state index contributed by atoms with van der Waals surface area (Å²) < 4.78 is -1.10. The summed E-state index contributed by atoms with van der Waals surface area (Å²) in [6.45, 7) is 0.680. The van der Waals surface area contributed by atoms with Crippen LogP contribution in [0.15, 0.2) is 0 Å². The Labute approximate surface area is 81.4 Å². The second-order valence-electron chi connectivity index (χ2n) is 3.96. The first-order valence-corrected chi connectivity index (χ1v) is 4.89. The van der Waals surface area contributed by atoms with Crippen molar-refractivity contribution in [3.05, 3.63) is 0 Å². The zero-order valence-electron chi connectivity index (χ0n) is 6.65. The number of carbonyl (C=O) groups is 1. The predicted molar refractivity (Wildman–Crippen MR) is 48.3 cm³/mol. The van der Waals surface area contributed by atoms with Gasteiger partial charge in [-0.3, -0.25) is 4.79 Å². The maximum absolute atomic E-state index is 11.1. The summed E-state index contributed by atoms with van der Waals surface area (Å²) in [5.41, 5.74) is 5.37. The molecule has 4 heteroatoms. The zero-order chi connectivity index (χ0) is 8.98. The lowest BCUT2D eigenvalue weighted by Gasteiger charge is -2.59. The number of hydrogen-bond donors (Lipinski definition) is 1. The molecule has 1 spiro atoms. The van der Waals surface area contributed by atoms with Crippen LogP contribution in [0, 0.1) is 11.3 Å². The molecule has 2 fully saturated rings. The fraction of sp³-hybridized carbons (Fsp3) is 0.875. The van der Waals surface area contributed by atoms with E-state index < -0.39 is 4.33 Å². The molecule has 0 aromatic heterocycles. The third kappa shape index (κ3) is 0.835. The van der Waals surface area contributed by atoms with Gasteiger partial charge in [-0.2, -0.15) is 0 Å². The molecule has 0 bridgehead atoms. The molecule has 0 aromatic rings. The van der Waals surface area contributed by atoms with Crippen molar-refractivity contribution in [1.82, 2.24) is 0 Å². The molecule has 0 radical (unpaired) electrons. The van der Waals surface area contributed by atoms with E-state index in [1.54, 1.807) is 0 Å². The van der Waals surface area contributed by atoms with Gasteiger partial charge in [0.05, 0.1) is 0 Å². The van der Waals surface area contributed by atoms with Gasteiger partial charge < -0.3 is 5.73 Å². The third-order valence-corrected chi connectivity index (χ3v) is 4.43. The van der Waals surface area contributed by atoms with E-state index >= 15 is 0 Å². The molecule has 2 rings (SSSR count). The van der Waals surface area contributed by atoms with Crippen LogP contribution in [0.4, 0.5) is 0 Å². The highest BCUT2D eigenvalue weighted by atomic mass is 35.5. The summed E-state index contributed by atoms with van der Waals surface area (Å²) in [5.74, 6) is 0.497. The number of nitrogens with two attached hydrogens (primary N) is 1. The second-order valence-corrected chi connectivity index (χ2v) is 5.29. The molecule has 0 atom stereocenters. The standard InChI is InChI=1S/C8H11Cl2NO/c9-8(10)6(12)3-7(8)1-5(2-7)4-11/h5H,1-4,11H2. The normalized spacial score (nSPS) is 43.9. The first kappa shape index (κ1) is 8.79. The molecule has 12 heavy (non-hydrogen) atoms. The lowest BCUT2D eigenvalue weighted by atomic mass is 9.50. The lowest BCUT2D eigenvalue weighted by molar-refractivity contribution is -0.144. The Morgan fingerprint density at radius 3 is 2.42 bits per heavy atom. The Morgan fingerprint density at radius 2 is 2.08 bits per heavy atom. The quantitative estimate of drug-likeness (QED) is 0.663. The van der Waals surface area contributed by atoms with Crippen LogP contribution in [0.25, 0.3) is 0 Å². The van der Waals surface area contributed by atoms with E-state index in [9.17, 15) is 4.79 Å². The Kier molecular flexibility index (Phi) is 1.74. The Bertz CT molecular complexity index is 233. The summed E-state index contributed by atoms with van der Waals surface area (Å²) >= 11 is 11.8. The molecule has 0 aromatic carbocycles. The smallest absolute Gasteiger partial charge is 0.181 e. The van der Waals surface area contributed by atoms with E-state index in [0.717, 1.165) is 12.8 Å². The SMILES string of the molecule is NCC1CC2(CC(=O)C2(Cl)Cl)C1. The predicted octanol–water partition coefficient (Wildman–Crippen LogP) is 1.49. The number of ketones is 1. The molecule has 2 N–H and O–H groups in total. The van der Waals surface area contributed by atoms with Gasteiger partial charge in [0, 0.05) is 11.8 Å². The molecule has 2 aliphatic rings. The maximum Gasteiger partial charge on any atom is 0.181 e. The molecular formula is C8H11Cl2NO. The molecule has 0 aliphatic heterocycles. The van der Waals surface area contributed by atoms with Crippen molar-refractivity contribution in [1.29, 1.82) is 0 Å². The minimum absolute atomic E-state index is 0.0266. The van der Waals surface area contributed by atoms with Gasteiger partial charge >= 0.3 is 0 Å². The number of Topliss-reactive ketones (excluding diaryl/α,β-unsaturated/α-hetero) is 1. The van der Waals surface area contributed by atoms with Crippen LogP contribution in [-0.4, -0.2) is 16.7 Å². The summed E-state index contributed by atoms with van der Waals surface area (Å²) in [4.78, 5) is 11.1. The van der Waals surface area contributed by atoms with Crippen LogP contribution in [0.2, 0.25) is 0 Å². The van der Waals surface area contributed by atoms with Crippen molar-refractivity contribution in [3.63, 3.8) is 0 Å². The fourth-order valence-corrected chi connectivity index (χ4v) is 2.91. The monoisotopic (exact) mass is 207 g/mol. The van der Waals surface area contributed by atoms with Gasteiger partial charge in [-0.1, -0.05) is 23.2 Å². The van der Waals surface area contributed by atoms with Gasteiger partial charge in [-0.25, -0.2) is 0 Å². The first-order chi connectivity index (χ1) is 5.52. The molecule has 2 nitrogen and oxygen atoms in total. The lowest BCUT2D eigenvalue weighted by Crippen LogP contribution is -2.64. The largest absolute Gasteiger partial charge is 0.330 e. The van der Waals surface area contributed by atoms with Crippen LogP contribution in [0.5, 0.6) is 0 Å². The van der Waals surface area contributed by atoms with Crippen molar-refractivity contribution < 1.29 is 4.79 Å². The van der Waals surface area contributed by atoms with Crippen molar-refractivity contribution in [2.45, 2.75) is 23.6 Å². The van der Waals surface area contributed by atoms with Crippen LogP contribution in [-0.2, 0) is 4.79 Å². The summed E-state index contributed by atoms with van der Waals surface area (Å²) in [5, 5.41) is 0. The number of rotatable bonds is 1. The van der Waals surface area contributed by atoms with Gasteiger partial charge in [0.1, 0.15) is 0 Å². The van der Waals surface area contributed by atoms with Gasteiger partial charge in [0.15, 0.2) is 10.1 Å². The molecule has 2 saturated carbocycles. The molecule has 0 saturated heterocycles. The average Bonchev–Trinajstić information content (AvgIpc) is 1.95. The second kappa shape index (κ2) is 2.37. The fourth-order valence-electron chi connectivity index (χ4n) is 2.33.